The summed E-state index contributed by atoms with van der Waals surface area (Å²) < 4.78 is 0. The Morgan fingerprint density at radius 2 is 2.14 bits per heavy atom. The van der Waals surface area contributed by atoms with Gasteiger partial charge in [0, 0.05) is 12.6 Å². The fourth-order valence-electron chi connectivity index (χ4n) is 3.02. The topological polar surface area (TPSA) is 54.2 Å². The van der Waals surface area contributed by atoms with Gasteiger partial charge in [0.25, 0.3) is 0 Å². The Kier molecular flexibility index (Phi) is 4.31. The molecule has 1 aromatic carbocycles. The van der Waals surface area contributed by atoms with Crippen molar-refractivity contribution in [3.63, 3.8) is 0 Å². The lowest BCUT2D eigenvalue weighted by Gasteiger charge is -2.24. The largest absolute Gasteiger partial charge is 0.393 e. The molecule has 2 atom stereocenters. The first kappa shape index (κ1) is 14.2. The molecule has 1 fully saturated rings. The Morgan fingerprint density at radius 3 is 2.90 bits per heavy atom. The minimum Gasteiger partial charge on any atom is -0.393 e. The molecule has 5 nitrogen and oxygen atoms in total. The predicted octanol–water partition coefficient (Wildman–Crippen LogP) is 2.00. The first-order chi connectivity index (χ1) is 10.2. The zero-order valence-corrected chi connectivity index (χ0v) is 12.4. The van der Waals surface area contributed by atoms with Crippen LogP contribution in [0.2, 0.25) is 0 Å². The number of nitrogens with zero attached hydrogens (tertiary/aromatic N) is 4. The summed E-state index contributed by atoms with van der Waals surface area (Å²) in [6.45, 7) is 3.75. The van der Waals surface area contributed by atoms with Crippen molar-refractivity contribution in [2.75, 3.05) is 6.54 Å². The molecule has 2 unspecified atom stereocenters. The van der Waals surface area contributed by atoms with Gasteiger partial charge in [-0.15, -0.1) is 0 Å². The van der Waals surface area contributed by atoms with E-state index in [1.54, 1.807) is 4.80 Å². The Labute approximate surface area is 125 Å². The highest BCUT2D eigenvalue weighted by molar-refractivity contribution is 5.28. The number of likely N-dealkylation sites (tertiary alicyclic amines) is 1. The summed E-state index contributed by atoms with van der Waals surface area (Å²) in [4.78, 5) is 4.08. The maximum Gasteiger partial charge on any atom is 0.0971 e. The van der Waals surface area contributed by atoms with E-state index in [1.807, 2.05) is 43.5 Å². The second-order valence-electron chi connectivity index (χ2n) is 5.81. The maximum atomic E-state index is 9.59. The predicted molar refractivity (Wildman–Crippen MR) is 81.1 cm³/mol. The van der Waals surface area contributed by atoms with Crippen molar-refractivity contribution in [2.45, 2.75) is 44.9 Å². The quantitative estimate of drug-likeness (QED) is 0.913. The van der Waals surface area contributed by atoms with Crippen LogP contribution in [-0.4, -0.2) is 43.7 Å². The normalized spacial score (nSPS) is 20.8. The standard InChI is InChI=1S/C16H22N4O/c1-13(21)10-16-8-5-9-19(16)12-14-11-17-20(18-14)15-6-3-2-4-7-15/h2-4,6-7,11,13,16,21H,5,8-10,12H2,1H3. The third kappa shape index (κ3) is 3.49. The van der Waals surface area contributed by atoms with Crippen LogP contribution >= 0.6 is 0 Å². The van der Waals surface area contributed by atoms with Gasteiger partial charge >= 0.3 is 0 Å². The van der Waals surface area contributed by atoms with Crippen LogP contribution in [0.3, 0.4) is 0 Å². The Bertz CT molecular complexity index is 567. The average Bonchev–Trinajstić information content (AvgIpc) is 3.10. The lowest BCUT2D eigenvalue weighted by Crippen LogP contribution is -2.31. The van der Waals surface area contributed by atoms with Crippen LogP contribution in [0.1, 0.15) is 31.9 Å². The fraction of sp³-hybridized carbons (Fsp3) is 0.500. The summed E-state index contributed by atoms with van der Waals surface area (Å²) in [7, 11) is 0. The first-order valence-electron chi connectivity index (χ1n) is 7.61. The molecule has 0 amide bonds. The van der Waals surface area contributed by atoms with Gasteiger partial charge in [0.2, 0.25) is 0 Å². The van der Waals surface area contributed by atoms with Crippen LogP contribution in [0.25, 0.3) is 5.69 Å². The summed E-state index contributed by atoms with van der Waals surface area (Å²) in [5.41, 5.74) is 1.96. The molecule has 0 bridgehead atoms. The van der Waals surface area contributed by atoms with E-state index in [0.717, 1.165) is 37.3 Å². The minimum absolute atomic E-state index is 0.240. The molecule has 21 heavy (non-hydrogen) atoms. The van der Waals surface area contributed by atoms with Crippen LogP contribution in [0.4, 0.5) is 0 Å². The molecule has 0 aliphatic carbocycles. The van der Waals surface area contributed by atoms with E-state index >= 15 is 0 Å². The van der Waals surface area contributed by atoms with Gasteiger partial charge in [-0.25, -0.2) is 0 Å². The lowest BCUT2D eigenvalue weighted by molar-refractivity contribution is 0.130. The van der Waals surface area contributed by atoms with E-state index in [1.165, 1.54) is 6.42 Å². The lowest BCUT2D eigenvalue weighted by atomic mass is 10.1. The Balaban J connectivity index is 1.67. The second-order valence-corrected chi connectivity index (χ2v) is 5.81. The number of para-hydroxylation sites is 1. The van der Waals surface area contributed by atoms with Crippen molar-refractivity contribution in [1.82, 2.24) is 19.9 Å². The number of benzene rings is 1. The maximum absolute atomic E-state index is 9.59. The molecule has 2 aromatic rings. The van der Waals surface area contributed by atoms with Gasteiger partial charge in [-0.05, 0) is 44.9 Å². The smallest absolute Gasteiger partial charge is 0.0971 e. The summed E-state index contributed by atoms with van der Waals surface area (Å²) in [5.74, 6) is 0. The molecular weight excluding hydrogens is 264 g/mol. The number of hydrogen-bond acceptors (Lipinski definition) is 4. The molecule has 2 heterocycles. The van der Waals surface area contributed by atoms with Crippen LogP contribution in [0.5, 0.6) is 0 Å². The molecular formula is C16H22N4O. The van der Waals surface area contributed by atoms with Gasteiger partial charge in [0.1, 0.15) is 0 Å². The van der Waals surface area contributed by atoms with Crippen molar-refractivity contribution >= 4 is 0 Å². The van der Waals surface area contributed by atoms with E-state index in [9.17, 15) is 5.11 Å². The van der Waals surface area contributed by atoms with Crippen molar-refractivity contribution in [3.05, 3.63) is 42.2 Å². The number of aliphatic hydroxyl groups is 1. The average molecular weight is 286 g/mol. The molecule has 0 saturated carbocycles. The molecule has 5 heteroatoms. The SMILES string of the molecule is CC(O)CC1CCCN1Cc1cnn(-c2ccccc2)n1. The van der Waals surface area contributed by atoms with Crippen LogP contribution in [0, 0.1) is 0 Å². The van der Waals surface area contributed by atoms with Gasteiger partial charge in [-0.2, -0.15) is 15.0 Å². The summed E-state index contributed by atoms with van der Waals surface area (Å²) in [6.07, 6.45) is 4.80. The van der Waals surface area contributed by atoms with Crippen LogP contribution in [-0.2, 0) is 6.54 Å². The number of rotatable bonds is 5. The second kappa shape index (κ2) is 6.37. The minimum atomic E-state index is -0.240. The third-order valence-corrected chi connectivity index (χ3v) is 4.00. The van der Waals surface area contributed by atoms with Crippen molar-refractivity contribution < 1.29 is 5.11 Å². The summed E-state index contributed by atoms with van der Waals surface area (Å²) in [5, 5.41) is 18.5. The molecule has 1 saturated heterocycles. The molecule has 3 rings (SSSR count). The molecule has 0 radical (unpaired) electrons. The molecule has 0 spiro atoms. The third-order valence-electron chi connectivity index (χ3n) is 4.00. The van der Waals surface area contributed by atoms with Crippen LogP contribution < -0.4 is 0 Å². The Morgan fingerprint density at radius 1 is 1.33 bits per heavy atom. The van der Waals surface area contributed by atoms with Gasteiger partial charge in [0.15, 0.2) is 0 Å². The van der Waals surface area contributed by atoms with E-state index < -0.39 is 0 Å². The van der Waals surface area contributed by atoms with Crippen molar-refractivity contribution in [2.24, 2.45) is 0 Å². The van der Waals surface area contributed by atoms with Gasteiger partial charge < -0.3 is 5.11 Å². The molecule has 1 aliphatic rings. The van der Waals surface area contributed by atoms with Gasteiger partial charge in [-0.3, -0.25) is 4.90 Å². The van der Waals surface area contributed by atoms with E-state index in [0.29, 0.717) is 6.04 Å². The van der Waals surface area contributed by atoms with E-state index in [2.05, 4.69) is 15.1 Å². The summed E-state index contributed by atoms with van der Waals surface area (Å²) >= 11 is 0. The Hall–Kier alpha value is -1.72. The number of aliphatic hydroxyl groups excluding tert-OH is 1. The molecule has 1 N–H and O–H groups in total. The fourth-order valence-corrected chi connectivity index (χ4v) is 3.02. The van der Waals surface area contributed by atoms with Gasteiger partial charge in [-0.1, -0.05) is 18.2 Å². The molecule has 112 valence electrons. The van der Waals surface area contributed by atoms with Crippen molar-refractivity contribution in [3.8, 4) is 5.69 Å². The first-order valence-corrected chi connectivity index (χ1v) is 7.61. The van der Waals surface area contributed by atoms with E-state index in [4.69, 9.17) is 0 Å². The summed E-state index contributed by atoms with van der Waals surface area (Å²) in [6, 6.07) is 10.4. The number of hydrogen-bond donors (Lipinski definition) is 1. The monoisotopic (exact) mass is 286 g/mol. The van der Waals surface area contributed by atoms with Crippen molar-refractivity contribution in [1.29, 1.82) is 0 Å². The molecule has 1 aliphatic heterocycles. The zero-order chi connectivity index (χ0) is 14.7. The number of aromatic nitrogens is 3. The highest BCUT2D eigenvalue weighted by Gasteiger charge is 2.26. The highest BCUT2D eigenvalue weighted by Crippen LogP contribution is 2.23. The van der Waals surface area contributed by atoms with Crippen LogP contribution in [0.15, 0.2) is 36.5 Å². The molecule has 1 aromatic heterocycles. The highest BCUT2D eigenvalue weighted by atomic mass is 16.3. The van der Waals surface area contributed by atoms with E-state index in [-0.39, 0.29) is 6.10 Å². The zero-order valence-electron chi connectivity index (χ0n) is 12.4. The van der Waals surface area contributed by atoms with Gasteiger partial charge in [0.05, 0.1) is 23.7 Å².